The van der Waals surface area contributed by atoms with Gasteiger partial charge in [0.1, 0.15) is 5.75 Å². The smallest absolute Gasteiger partial charge is 0.345 e. The van der Waals surface area contributed by atoms with Crippen molar-refractivity contribution in [3.05, 3.63) is 60.2 Å². The minimum atomic E-state index is 0.302. The molecule has 0 aliphatic heterocycles. The van der Waals surface area contributed by atoms with Crippen molar-refractivity contribution in [1.29, 1.82) is 0 Å². The zero-order valence-electron chi connectivity index (χ0n) is 15.3. The highest BCUT2D eigenvalue weighted by molar-refractivity contribution is 5.35. The summed E-state index contributed by atoms with van der Waals surface area (Å²) in [5, 5.41) is 26.5. The van der Waals surface area contributed by atoms with Gasteiger partial charge in [-0.2, -0.15) is 4.68 Å². The number of nitrogens with one attached hydrogen (secondary N) is 1. The molecule has 2 heterocycles. The van der Waals surface area contributed by atoms with Gasteiger partial charge < -0.3 is 10.1 Å². The van der Waals surface area contributed by atoms with Crippen LogP contribution in [0.3, 0.4) is 0 Å². The zero-order valence-corrected chi connectivity index (χ0v) is 15.3. The van der Waals surface area contributed by atoms with Gasteiger partial charge >= 0.3 is 6.01 Å². The van der Waals surface area contributed by atoms with E-state index >= 15 is 0 Å². The van der Waals surface area contributed by atoms with Gasteiger partial charge in [-0.3, -0.25) is 0 Å². The highest BCUT2D eigenvalue weighted by Gasteiger charge is 2.10. The average Bonchev–Trinajstić information content (AvgIpc) is 3.38. The summed E-state index contributed by atoms with van der Waals surface area (Å²) in [6.45, 7) is 3.46. The van der Waals surface area contributed by atoms with Crippen LogP contribution in [0, 0.1) is 0 Å². The molecule has 142 valence electrons. The molecule has 10 heteroatoms. The standard InChI is InChI=1S/C18H19N9O/c1-2-12-26-17(20-22-24-26)19-13-14-8-10-16(11-9-14)28-18-21-23-25-27(18)15-6-4-3-5-7-15/h3-11H,2,12-13H2,1H3,(H,19,20,24). The number of ether oxygens (including phenoxy) is 1. The normalized spacial score (nSPS) is 10.8. The maximum atomic E-state index is 5.83. The van der Waals surface area contributed by atoms with Crippen molar-refractivity contribution in [1.82, 2.24) is 40.4 Å². The molecule has 0 saturated carbocycles. The van der Waals surface area contributed by atoms with E-state index in [9.17, 15) is 0 Å². The average molecular weight is 377 g/mol. The second-order valence-corrected chi connectivity index (χ2v) is 6.03. The quantitative estimate of drug-likeness (QED) is 0.499. The van der Waals surface area contributed by atoms with Crippen molar-refractivity contribution in [3.8, 4) is 17.4 Å². The van der Waals surface area contributed by atoms with E-state index in [0.29, 0.717) is 24.3 Å². The summed E-state index contributed by atoms with van der Waals surface area (Å²) in [6, 6.07) is 17.6. The molecule has 0 amide bonds. The van der Waals surface area contributed by atoms with Crippen molar-refractivity contribution in [2.75, 3.05) is 5.32 Å². The first kappa shape index (κ1) is 17.6. The van der Waals surface area contributed by atoms with E-state index in [0.717, 1.165) is 24.2 Å². The highest BCUT2D eigenvalue weighted by Crippen LogP contribution is 2.21. The zero-order chi connectivity index (χ0) is 19.2. The van der Waals surface area contributed by atoms with E-state index in [-0.39, 0.29) is 0 Å². The van der Waals surface area contributed by atoms with Gasteiger partial charge in [-0.15, -0.1) is 0 Å². The lowest BCUT2D eigenvalue weighted by molar-refractivity contribution is 0.427. The number of hydrogen-bond donors (Lipinski definition) is 1. The van der Waals surface area contributed by atoms with Crippen LogP contribution in [-0.2, 0) is 13.1 Å². The number of para-hydroxylation sites is 1. The molecule has 0 bridgehead atoms. The van der Waals surface area contributed by atoms with Crippen molar-refractivity contribution >= 4 is 5.95 Å². The van der Waals surface area contributed by atoms with E-state index in [2.05, 4.69) is 43.3 Å². The van der Waals surface area contributed by atoms with Gasteiger partial charge in [-0.1, -0.05) is 47.5 Å². The predicted octanol–water partition coefficient (Wildman–Crippen LogP) is 2.46. The van der Waals surface area contributed by atoms with Crippen molar-refractivity contribution in [3.63, 3.8) is 0 Å². The predicted molar refractivity (Wildman–Crippen MR) is 101 cm³/mol. The lowest BCUT2D eigenvalue weighted by Crippen LogP contribution is -2.08. The second-order valence-electron chi connectivity index (χ2n) is 6.03. The fourth-order valence-corrected chi connectivity index (χ4v) is 2.63. The largest absolute Gasteiger partial charge is 0.423 e. The molecule has 2 aromatic heterocycles. The van der Waals surface area contributed by atoms with Gasteiger partial charge in [0, 0.05) is 13.1 Å². The molecule has 2 aromatic carbocycles. The van der Waals surface area contributed by atoms with Gasteiger partial charge in [0.15, 0.2) is 0 Å². The van der Waals surface area contributed by atoms with Crippen LogP contribution in [0.25, 0.3) is 5.69 Å². The minimum Gasteiger partial charge on any atom is -0.423 e. The van der Waals surface area contributed by atoms with Crippen molar-refractivity contribution < 1.29 is 4.74 Å². The summed E-state index contributed by atoms with van der Waals surface area (Å²) < 4.78 is 9.13. The number of anilines is 1. The van der Waals surface area contributed by atoms with Gasteiger partial charge in [0.25, 0.3) is 0 Å². The Balaban J connectivity index is 1.40. The van der Waals surface area contributed by atoms with E-state index in [1.54, 1.807) is 9.36 Å². The van der Waals surface area contributed by atoms with Gasteiger partial charge in [-0.25, -0.2) is 4.68 Å². The molecule has 0 spiro atoms. The Morgan fingerprint density at radius 3 is 2.50 bits per heavy atom. The molecule has 0 saturated heterocycles. The Hall–Kier alpha value is -3.82. The first-order chi connectivity index (χ1) is 13.8. The summed E-state index contributed by atoms with van der Waals surface area (Å²) in [6.07, 6.45) is 0.966. The molecular weight excluding hydrogens is 358 g/mol. The summed E-state index contributed by atoms with van der Waals surface area (Å²) in [7, 11) is 0. The third kappa shape index (κ3) is 3.95. The van der Waals surface area contributed by atoms with Crippen LogP contribution in [0.5, 0.6) is 11.8 Å². The summed E-state index contributed by atoms with van der Waals surface area (Å²) in [4.78, 5) is 0. The van der Waals surface area contributed by atoms with E-state index in [1.807, 2.05) is 54.6 Å². The van der Waals surface area contributed by atoms with Crippen LogP contribution in [0.15, 0.2) is 54.6 Å². The first-order valence-electron chi connectivity index (χ1n) is 8.94. The van der Waals surface area contributed by atoms with Gasteiger partial charge in [0.2, 0.25) is 5.95 Å². The number of aromatic nitrogens is 8. The summed E-state index contributed by atoms with van der Waals surface area (Å²) in [5.74, 6) is 1.30. The molecule has 28 heavy (non-hydrogen) atoms. The van der Waals surface area contributed by atoms with Crippen LogP contribution < -0.4 is 10.1 Å². The van der Waals surface area contributed by atoms with Crippen LogP contribution in [0.2, 0.25) is 0 Å². The first-order valence-corrected chi connectivity index (χ1v) is 8.94. The Kier molecular flexibility index (Phi) is 5.18. The molecule has 0 radical (unpaired) electrons. The highest BCUT2D eigenvalue weighted by atomic mass is 16.5. The lowest BCUT2D eigenvalue weighted by Gasteiger charge is -2.08. The number of benzene rings is 2. The monoisotopic (exact) mass is 377 g/mol. The number of hydrogen-bond acceptors (Lipinski definition) is 8. The number of aryl methyl sites for hydroxylation is 1. The van der Waals surface area contributed by atoms with Gasteiger partial charge in [0.05, 0.1) is 5.69 Å². The number of rotatable bonds is 8. The van der Waals surface area contributed by atoms with Crippen molar-refractivity contribution in [2.45, 2.75) is 26.4 Å². The maximum absolute atomic E-state index is 5.83. The Morgan fingerprint density at radius 2 is 1.71 bits per heavy atom. The number of tetrazole rings is 2. The fourth-order valence-electron chi connectivity index (χ4n) is 2.63. The molecule has 4 rings (SSSR count). The molecular formula is C18H19N9O. The van der Waals surface area contributed by atoms with Crippen LogP contribution in [-0.4, -0.2) is 40.4 Å². The van der Waals surface area contributed by atoms with Crippen molar-refractivity contribution in [2.24, 2.45) is 0 Å². The fraction of sp³-hybridized carbons (Fsp3) is 0.222. The molecule has 0 atom stereocenters. The van der Waals surface area contributed by atoms with E-state index in [1.165, 1.54) is 0 Å². The maximum Gasteiger partial charge on any atom is 0.345 e. The molecule has 0 fully saturated rings. The Morgan fingerprint density at radius 1 is 0.929 bits per heavy atom. The number of nitrogens with zero attached hydrogens (tertiary/aromatic N) is 8. The minimum absolute atomic E-state index is 0.302. The topological polar surface area (TPSA) is 108 Å². The Labute approximate surface area is 161 Å². The SMILES string of the molecule is CCCn1nnnc1NCc1ccc(Oc2nnnn2-c2ccccc2)cc1. The molecule has 0 aliphatic carbocycles. The molecule has 4 aromatic rings. The Bertz CT molecular complexity index is 1010. The van der Waals surface area contributed by atoms with Crippen LogP contribution in [0.1, 0.15) is 18.9 Å². The second kappa shape index (κ2) is 8.25. The van der Waals surface area contributed by atoms with E-state index < -0.39 is 0 Å². The third-order valence-corrected chi connectivity index (χ3v) is 3.99. The summed E-state index contributed by atoms with van der Waals surface area (Å²) in [5.41, 5.74) is 1.90. The molecule has 0 aliphatic rings. The summed E-state index contributed by atoms with van der Waals surface area (Å²) >= 11 is 0. The lowest BCUT2D eigenvalue weighted by atomic mass is 10.2. The van der Waals surface area contributed by atoms with Gasteiger partial charge in [-0.05, 0) is 57.1 Å². The molecule has 0 unspecified atom stereocenters. The third-order valence-electron chi connectivity index (χ3n) is 3.99. The van der Waals surface area contributed by atoms with Crippen LogP contribution >= 0.6 is 0 Å². The molecule has 10 nitrogen and oxygen atoms in total. The van der Waals surface area contributed by atoms with Crippen LogP contribution in [0.4, 0.5) is 5.95 Å². The molecule has 1 N–H and O–H groups in total. The van der Waals surface area contributed by atoms with E-state index in [4.69, 9.17) is 4.74 Å².